The molecule has 5 nitrogen and oxygen atoms in total. The van der Waals surface area contributed by atoms with E-state index in [-0.39, 0.29) is 0 Å². The van der Waals surface area contributed by atoms with Gasteiger partial charge in [-0.25, -0.2) is 4.98 Å². The number of carbonyl (C=O) groups excluding carboxylic acids is 1. The van der Waals surface area contributed by atoms with Crippen LogP contribution in [0.5, 0.6) is 0 Å². The predicted molar refractivity (Wildman–Crippen MR) is 57.0 cm³/mol. The van der Waals surface area contributed by atoms with Gasteiger partial charge in [-0.15, -0.1) is 11.3 Å². The van der Waals surface area contributed by atoms with E-state index in [2.05, 4.69) is 10.3 Å². The lowest BCUT2D eigenvalue weighted by Crippen LogP contribution is -2.23. The summed E-state index contributed by atoms with van der Waals surface area (Å²) in [5, 5.41) is 24.0. The Morgan fingerprint density at radius 2 is 2.40 bits per heavy atom. The van der Waals surface area contributed by atoms with Crippen LogP contribution in [0.1, 0.15) is 28.0 Å². The maximum absolute atomic E-state index is 10.4. The lowest BCUT2D eigenvalue weighted by Gasteiger charge is -2.15. The zero-order chi connectivity index (χ0) is 11.3. The van der Waals surface area contributed by atoms with Gasteiger partial charge >= 0.3 is 0 Å². The molecule has 0 spiro atoms. The van der Waals surface area contributed by atoms with Crippen LogP contribution in [0.15, 0.2) is 5.38 Å². The zero-order valence-electron chi connectivity index (χ0n) is 8.38. The van der Waals surface area contributed by atoms with Gasteiger partial charge in [0.15, 0.2) is 11.3 Å². The maximum atomic E-state index is 10.4. The number of aliphatic hydroxyl groups is 2. The predicted octanol–water partition coefficient (Wildman–Crippen LogP) is -0.0406. The molecule has 0 bridgehead atoms. The van der Waals surface area contributed by atoms with E-state index in [4.69, 9.17) is 0 Å². The Bertz CT molecular complexity index is 316. The number of hydrogen-bond acceptors (Lipinski definition) is 6. The van der Waals surface area contributed by atoms with Crippen molar-refractivity contribution < 1.29 is 15.0 Å². The van der Waals surface area contributed by atoms with Gasteiger partial charge in [-0.2, -0.15) is 0 Å². The van der Waals surface area contributed by atoms with Crippen LogP contribution in [-0.4, -0.2) is 41.2 Å². The van der Waals surface area contributed by atoms with Crippen LogP contribution in [0, 0.1) is 0 Å². The summed E-state index contributed by atoms with van der Waals surface area (Å²) in [5.74, 6) is 0. The Labute approximate surface area is 91.8 Å². The molecule has 1 aromatic heterocycles. The fraction of sp³-hybridized carbons (Fsp3) is 0.556. The fourth-order valence-electron chi connectivity index (χ4n) is 1.14. The van der Waals surface area contributed by atoms with Crippen molar-refractivity contribution in [1.29, 1.82) is 0 Å². The average molecular weight is 230 g/mol. The van der Waals surface area contributed by atoms with E-state index >= 15 is 0 Å². The molecule has 0 amide bonds. The number of carbonyl (C=O) groups is 1. The average Bonchev–Trinajstić information content (AvgIpc) is 2.73. The molecule has 0 aromatic carbocycles. The summed E-state index contributed by atoms with van der Waals surface area (Å²) < 4.78 is 0. The number of rotatable bonds is 6. The Hall–Kier alpha value is -0.820. The van der Waals surface area contributed by atoms with Gasteiger partial charge in [0.1, 0.15) is 6.10 Å². The quantitative estimate of drug-likeness (QED) is 0.597. The van der Waals surface area contributed by atoms with Crippen molar-refractivity contribution in [3.8, 4) is 0 Å². The van der Waals surface area contributed by atoms with Gasteiger partial charge in [0, 0.05) is 5.38 Å². The van der Waals surface area contributed by atoms with Crippen LogP contribution in [-0.2, 0) is 0 Å². The standard InChI is InChI=1S/C9H14N2O3S/c1-10-3-2-7(13)9(14)6-5-15-8(4-12)11-6/h4-5,7,9-10,13-14H,2-3H2,1H3. The molecule has 15 heavy (non-hydrogen) atoms. The highest BCUT2D eigenvalue weighted by molar-refractivity contribution is 7.11. The first-order chi connectivity index (χ1) is 7.19. The molecule has 1 rings (SSSR count). The number of nitrogens with zero attached hydrogens (tertiary/aromatic N) is 1. The SMILES string of the molecule is CNCCC(O)C(O)c1csc(C=O)n1. The van der Waals surface area contributed by atoms with Gasteiger partial charge in [-0.05, 0) is 20.0 Å². The summed E-state index contributed by atoms with van der Waals surface area (Å²) in [5.41, 5.74) is 0.353. The molecular formula is C9H14N2O3S. The van der Waals surface area contributed by atoms with E-state index in [9.17, 15) is 15.0 Å². The first-order valence-electron chi connectivity index (χ1n) is 4.60. The molecule has 84 valence electrons. The third-order valence-corrected chi connectivity index (χ3v) is 2.79. The van der Waals surface area contributed by atoms with Crippen molar-refractivity contribution in [2.45, 2.75) is 18.6 Å². The summed E-state index contributed by atoms with van der Waals surface area (Å²) >= 11 is 1.15. The number of aromatic nitrogens is 1. The molecule has 3 N–H and O–H groups in total. The molecule has 0 saturated carbocycles. The van der Waals surface area contributed by atoms with Crippen LogP contribution >= 0.6 is 11.3 Å². The minimum atomic E-state index is -1.02. The van der Waals surface area contributed by atoms with E-state index in [0.717, 1.165) is 11.3 Å². The fourth-order valence-corrected chi connectivity index (χ4v) is 1.79. The molecule has 0 aliphatic carbocycles. The van der Waals surface area contributed by atoms with E-state index in [0.29, 0.717) is 30.0 Å². The number of hydrogen-bond donors (Lipinski definition) is 3. The monoisotopic (exact) mass is 230 g/mol. The Morgan fingerprint density at radius 3 is 2.93 bits per heavy atom. The van der Waals surface area contributed by atoms with Gasteiger partial charge in [-0.1, -0.05) is 0 Å². The molecule has 0 aliphatic rings. The molecule has 0 fully saturated rings. The Kier molecular flexibility index (Phi) is 4.83. The van der Waals surface area contributed by atoms with Crippen molar-refractivity contribution in [1.82, 2.24) is 10.3 Å². The minimum absolute atomic E-state index is 0.310. The molecule has 6 heteroatoms. The molecule has 0 aliphatic heterocycles. The second-order valence-electron chi connectivity index (χ2n) is 3.13. The summed E-state index contributed by atoms with van der Waals surface area (Å²) in [6.45, 7) is 0.614. The second-order valence-corrected chi connectivity index (χ2v) is 4.02. The van der Waals surface area contributed by atoms with Crippen molar-refractivity contribution in [3.63, 3.8) is 0 Å². The number of nitrogens with one attached hydrogen (secondary N) is 1. The number of aliphatic hydroxyl groups excluding tert-OH is 2. The van der Waals surface area contributed by atoms with Crippen molar-refractivity contribution in [2.24, 2.45) is 0 Å². The summed E-state index contributed by atoms with van der Waals surface area (Å²) in [4.78, 5) is 14.3. The summed E-state index contributed by atoms with van der Waals surface area (Å²) in [6.07, 6.45) is -0.825. The topological polar surface area (TPSA) is 82.5 Å². The lowest BCUT2D eigenvalue weighted by atomic mass is 10.1. The third-order valence-electron chi connectivity index (χ3n) is 2.00. The smallest absolute Gasteiger partial charge is 0.178 e. The normalized spacial score (nSPS) is 14.9. The van der Waals surface area contributed by atoms with Crippen LogP contribution in [0.3, 0.4) is 0 Å². The molecule has 1 heterocycles. The molecule has 1 aromatic rings. The largest absolute Gasteiger partial charge is 0.390 e. The number of aldehydes is 1. The highest BCUT2D eigenvalue weighted by Gasteiger charge is 2.20. The highest BCUT2D eigenvalue weighted by atomic mass is 32.1. The van der Waals surface area contributed by atoms with Crippen LogP contribution in [0.25, 0.3) is 0 Å². The summed E-state index contributed by atoms with van der Waals surface area (Å²) in [6, 6.07) is 0. The van der Waals surface area contributed by atoms with Gasteiger partial charge in [-0.3, -0.25) is 4.79 Å². The molecule has 0 saturated heterocycles. The zero-order valence-corrected chi connectivity index (χ0v) is 9.20. The molecule has 2 unspecified atom stereocenters. The maximum Gasteiger partial charge on any atom is 0.178 e. The summed E-state index contributed by atoms with van der Waals surface area (Å²) in [7, 11) is 1.77. The second kappa shape index (κ2) is 5.92. The number of thiazole rings is 1. The van der Waals surface area contributed by atoms with Crippen LogP contribution < -0.4 is 5.32 Å². The first kappa shape index (κ1) is 12.3. The highest BCUT2D eigenvalue weighted by Crippen LogP contribution is 2.20. The van der Waals surface area contributed by atoms with E-state index in [1.54, 1.807) is 12.4 Å². The van der Waals surface area contributed by atoms with Crippen molar-refractivity contribution >= 4 is 17.6 Å². The van der Waals surface area contributed by atoms with Gasteiger partial charge in [0.2, 0.25) is 0 Å². The third kappa shape index (κ3) is 3.35. The van der Waals surface area contributed by atoms with Crippen molar-refractivity contribution in [2.75, 3.05) is 13.6 Å². The van der Waals surface area contributed by atoms with E-state index in [1.807, 2.05) is 0 Å². The molecule has 0 radical (unpaired) electrons. The minimum Gasteiger partial charge on any atom is -0.390 e. The van der Waals surface area contributed by atoms with E-state index in [1.165, 1.54) is 0 Å². The van der Waals surface area contributed by atoms with E-state index < -0.39 is 12.2 Å². The van der Waals surface area contributed by atoms with Gasteiger partial charge in [0.25, 0.3) is 0 Å². The Morgan fingerprint density at radius 1 is 1.67 bits per heavy atom. The van der Waals surface area contributed by atoms with Gasteiger partial charge < -0.3 is 15.5 Å². The van der Waals surface area contributed by atoms with Gasteiger partial charge in [0.05, 0.1) is 11.8 Å². The lowest BCUT2D eigenvalue weighted by molar-refractivity contribution is 0.0118. The van der Waals surface area contributed by atoms with Crippen molar-refractivity contribution in [3.05, 3.63) is 16.1 Å². The molecular weight excluding hydrogens is 216 g/mol. The Balaban J connectivity index is 2.58. The first-order valence-corrected chi connectivity index (χ1v) is 5.48. The van der Waals surface area contributed by atoms with Crippen LogP contribution in [0.2, 0.25) is 0 Å². The van der Waals surface area contributed by atoms with Crippen LogP contribution in [0.4, 0.5) is 0 Å². The molecule has 2 atom stereocenters.